The summed E-state index contributed by atoms with van der Waals surface area (Å²) in [5.41, 5.74) is 0.293. The van der Waals surface area contributed by atoms with Crippen molar-refractivity contribution in [3.8, 4) is 0 Å². The minimum Gasteiger partial charge on any atom is -0.432 e. The topological polar surface area (TPSA) is 61.8 Å². The van der Waals surface area contributed by atoms with Crippen molar-refractivity contribution in [1.29, 1.82) is 0 Å². The Labute approximate surface area is 86.5 Å². The summed E-state index contributed by atoms with van der Waals surface area (Å²) >= 11 is 0. The molecule has 0 radical (unpaired) electrons. The Morgan fingerprint density at radius 3 is 2.40 bits per heavy atom. The maximum atomic E-state index is 11.2. The number of hydrogen-bond acceptors (Lipinski definition) is 5. The van der Waals surface area contributed by atoms with Crippen LogP contribution in [0.1, 0.15) is 17.3 Å². The van der Waals surface area contributed by atoms with Gasteiger partial charge in [-0.25, -0.2) is 14.6 Å². The van der Waals surface area contributed by atoms with Crippen molar-refractivity contribution in [2.24, 2.45) is 0 Å². The largest absolute Gasteiger partial charge is 0.549 e. The minimum absolute atomic E-state index is 0.154. The zero-order valence-corrected chi connectivity index (χ0v) is 8.14. The van der Waals surface area contributed by atoms with E-state index >= 15 is 0 Å². The number of benzene rings is 1. The van der Waals surface area contributed by atoms with Crippen LogP contribution in [0.5, 0.6) is 0 Å². The number of rotatable bonds is 2. The number of carbonyl (C=O) groups excluding carboxylic acids is 2. The van der Waals surface area contributed by atoms with Crippen LogP contribution in [-0.2, 0) is 14.5 Å². The van der Waals surface area contributed by atoms with E-state index in [9.17, 15) is 9.59 Å². The van der Waals surface area contributed by atoms with Crippen molar-refractivity contribution < 1.29 is 24.1 Å². The fourth-order valence-corrected chi connectivity index (χ4v) is 0.836. The Bertz CT molecular complexity index is 333. The molecule has 1 aromatic rings. The summed E-state index contributed by atoms with van der Waals surface area (Å²) in [6.07, 6.45) is -1.04. The predicted octanol–water partition coefficient (Wildman–Crippen LogP) is 1.93. The van der Waals surface area contributed by atoms with Crippen molar-refractivity contribution in [1.82, 2.24) is 0 Å². The van der Waals surface area contributed by atoms with E-state index < -0.39 is 12.1 Å². The fraction of sp³-hybridized carbons (Fsp3) is 0.200. The summed E-state index contributed by atoms with van der Waals surface area (Å²) in [5, 5.41) is 0. The lowest BCUT2D eigenvalue weighted by Crippen LogP contribution is -2.12. The molecule has 0 aliphatic rings. The molecule has 1 aromatic carbocycles. The van der Waals surface area contributed by atoms with Gasteiger partial charge < -0.3 is 4.74 Å². The van der Waals surface area contributed by atoms with Crippen molar-refractivity contribution in [2.45, 2.75) is 6.92 Å². The van der Waals surface area contributed by atoms with Crippen LogP contribution in [0, 0.1) is 0 Å². The van der Waals surface area contributed by atoms with Crippen LogP contribution in [0.25, 0.3) is 0 Å². The second-order valence-electron chi connectivity index (χ2n) is 2.50. The average Bonchev–Trinajstić information content (AvgIpc) is 2.27. The highest BCUT2D eigenvalue weighted by Gasteiger charge is 2.11. The highest BCUT2D eigenvalue weighted by molar-refractivity contribution is 5.89. The van der Waals surface area contributed by atoms with Gasteiger partial charge in [0, 0.05) is 0 Å². The fourth-order valence-electron chi connectivity index (χ4n) is 0.836. The van der Waals surface area contributed by atoms with Crippen molar-refractivity contribution in [3.05, 3.63) is 35.9 Å². The van der Waals surface area contributed by atoms with Gasteiger partial charge >= 0.3 is 12.1 Å². The van der Waals surface area contributed by atoms with Crippen LogP contribution in [0.4, 0.5) is 4.79 Å². The third-order valence-electron chi connectivity index (χ3n) is 1.46. The molecule has 0 N–H and O–H groups in total. The minimum atomic E-state index is -1.04. The molecule has 0 atom stereocenters. The van der Waals surface area contributed by atoms with E-state index in [1.54, 1.807) is 25.1 Å². The summed E-state index contributed by atoms with van der Waals surface area (Å²) in [6, 6.07) is 8.17. The Morgan fingerprint density at radius 2 is 1.80 bits per heavy atom. The lowest BCUT2D eigenvalue weighted by atomic mass is 10.2. The third-order valence-corrected chi connectivity index (χ3v) is 1.46. The number of carbonyl (C=O) groups is 2. The van der Waals surface area contributed by atoms with Gasteiger partial charge in [-0.05, 0) is 19.1 Å². The van der Waals surface area contributed by atoms with Crippen LogP contribution in [0.2, 0.25) is 0 Å². The van der Waals surface area contributed by atoms with Crippen molar-refractivity contribution in [3.63, 3.8) is 0 Å². The quantitative estimate of drug-likeness (QED) is 0.424. The summed E-state index contributed by atoms with van der Waals surface area (Å²) in [5.74, 6) is -0.747. The Morgan fingerprint density at radius 1 is 1.13 bits per heavy atom. The van der Waals surface area contributed by atoms with Crippen LogP contribution in [0.15, 0.2) is 30.3 Å². The van der Waals surface area contributed by atoms with E-state index in [-0.39, 0.29) is 6.61 Å². The molecule has 1 rings (SSSR count). The summed E-state index contributed by atoms with van der Waals surface area (Å²) in [7, 11) is 0. The van der Waals surface area contributed by atoms with E-state index in [4.69, 9.17) is 0 Å². The van der Waals surface area contributed by atoms with Crippen LogP contribution < -0.4 is 0 Å². The SMILES string of the molecule is CCOC(=O)OOC(=O)c1ccccc1. The van der Waals surface area contributed by atoms with Crippen molar-refractivity contribution in [2.75, 3.05) is 6.61 Å². The molecular weight excluding hydrogens is 200 g/mol. The van der Waals surface area contributed by atoms with Gasteiger partial charge in [0.2, 0.25) is 0 Å². The van der Waals surface area contributed by atoms with E-state index in [1.807, 2.05) is 0 Å². The van der Waals surface area contributed by atoms with Crippen LogP contribution in [-0.4, -0.2) is 18.7 Å². The van der Waals surface area contributed by atoms with E-state index in [1.165, 1.54) is 12.1 Å². The predicted molar refractivity (Wildman–Crippen MR) is 50.0 cm³/mol. The second kappa shape index (κ2) is 5.64. The van der Waals surface area contributed by atoms with Crippen LogP contribution in [0.3, 0.4) is 0 Å². The molecule has 0 aliphatic heterocycles. The Kier molecular flexibility index (Phi) is 4.15. The second-order valence-corrected chi connectivity index (χ2v) is 2.50. The molecule has 0 saturated carbocycles. The van der Waals surface area contributed by atoms with Gasteiger partial charge in [0.05, 0.1) is 12.2 Å². The Hall–Kier alpha value is -2.04. The molecule has 15 heavy (non-hydrogen) atoms. The van der Waals surface area contributed by atoms with Gasteiger partial charge in [-0.1, -0.05) is 18.2 Å². The maximum absolute atomic E-state index is 11.2. The average molecular weight is 210 g/mol. The number of hydrogen-bond donors (Lipinski definition) is 0. The zero-order chi connectivity index (χ0) is 11.1. The van der Waals surface area contributed by atoms with E-state index in [0.29, 0.717) is 5.56 Å². The standard InChI is InChI=1S/C10H10O5/c1-2-13-10(12)15-14-9(11)8-6-4-3-5-7-8/h3-7H,2H2,1H3. The van der Waals surface area contributed by atoms with Gasteiger partial charge in [0.25, 0.3) is 0 Å². The van der Waals surface area contributed by atoms with E-state index in [0.717, 1.165) is 0 Å². The maximum Gasteiger partial charge on any atom is 0.549 e. The first kappa shape index (κ1) is 11.0. The Balaban J connectivity index is 2.40. The first-order chi connectivity index (χ1) is 7.24. The zero-order valence-electron chi connectivity index (χ0n) is 8.14. The first-order valence-corrected chi connectivity index (χ1v) is 4.34. The molecule has 0 aliphatic carbocycles. The van der Waals surface area contributed by atoms with Crippen LogP contribution >= 0.6 is 0 Å². The summed E-state index contributed by atoms with van der Waals surface area (Å²) in [4.78, 5) is 30.2. The molecule has 80 valence electrons. The monoisotopic (exact) mass is 210 g/mol. The normalized spacial score (nSPS) is 9.13. The van der Waals surface area contributed by atoms with Gasteiger partial charge in [0.15, 0.2) is 0 Å². The highest BCUT2D eigenvalue weighted by atomic mass is 17.2. The van der Waals surface area contributed by atoms with E-state index in [2.05, 4.69) is 14.5 Å². The van der Waals surface area contributed by atoms with Gasteiger partial charge in [-0.2, -0.15) is 4.79 Å². The van der Waals surface area contributed by atoms with Crippen molar-refractivity contribution >= 4 is 12.1 Å². The first-order valence-electron chi connectivity index (χ1n) is 4.34. The lowest BCUT2D eigenvalue weighted by Gasteiger charge is -2.02. The highest BCUT2D eigenvalue weighted by Crippen LogP contribution is 2.01. The molecule has 0 fully saturated rings. The van der Waals surface area contributed by atoms with Gasteiger partial charge in [-0.3, -0.25) is 0 Å². The molecule has 0 spiro atoms. The molecular formula is C10H10O5. The number of ether oxygens (including phenoxy) is 1. The lowest BCUT2D eigenvalue weighted by molar-refractivity contribution is -0.202. The molecule has 0 heterocycles. The molecule has 0 saturated heterocycles. The third kappa shape index (κ3) is 3.68. The molecule has 0 bridgehead atoms. The molecule has 5 heteroatoms. The molecule has 5 nitrogen and oxygen atoms in total. The molecule has 0 aromatic heterocycles. The van der Waals surface area contributed by atoms with Gasteiger partial charge in [0.1, 0.15) is 0 Å². The smallest absolute Gasteiger partial charge is 0.432 e. The van der Waals surface area contributed by atoms with Gasteiger partial charge in [-0.15, -0.1) is 0 Å². The summed E-state index contributed by atoms with van der Waals surface area (Å²) in [6.45, 7) is 1.77. The summed E-state index contributed by atoms with van der Waals surface area (Å²) < 4.78 is 4.39. The molecule has 0 amide bonds. The molecule has 0 unspecified atom stereocenters.